The Labute approximate surface area is 139 Å². The van der Waals surface area contributed by atoms with Crippen molar-refractivity contribution in [1.29, 1.82) is 0 Å². The molecule has 20 heavy (non-hydrogen) atoms. The van der Waals surface area contributed by atoms with Gasteiger partial charge in [-0.25, -0.2) is 0 Å². The first kappa shape index (κ1) is 21.5. The molecule has 1 aromatic heterocycles. The summed E-state index contributed by atoms with van der Waals surface area (Å²) in [5, 5.41) is 0. The molecular weight excluding hydrogens is 425 g/mol. The van der Waals surface area contributed by atoms with Crippen LogP contribution in [-0.2, 0) is 21.1 Å². The normalized spacial score (nSPS) is 8.40. The fourth-order valence-electron chi connectivity index (χ4n) is 1.04. The van der Waals surface area contributed by atoms with Gasteiger partial charge in [0.25, 0.3) is 0 Å². The van der Waals surface area contributed by atoms with Crippen molar-refractivity contribution in [2.75, 3.05) is 0 Å². The maximum Gasteiger partial charge on any atom is 0 e. The van der Waals surface area contributed by atoms with Gasteiger partial charge in [-0.05, 0) is 5.69 Å². The van der Waals surface area contributed by atoms with Gasteiger partial charge in [-0.3, -0.25) is 0 Å². The Morgan fingerprint density at radius 1 is 0.950 bits per heavy atom. The van der Waals surface area contributed by atoms with Crippen molar-refractivity contribution in [2.24, 2.45) is 0 Å². The summed E-state index contributed by atoms with van der Waals surface area (Å²) in [6.45, 7) is 11.4. The topological polar surface area (TPSA) is 4.93 Å². The molecule has 1 nitrogen and oxygen atoms in total. The second-order valence-corrected chi connectivity index (χ2v) is 4.05. The van der Waals surface area contributed by atoms with Crippen LogP contribution in [-0.4, -0.2) is 4.57 Å². The third-order valence-electron chi connectivity index (χ3n) is 2.29. The maximum atomic E-state index is 3.60. The first-order valence-electron chi connectivity index (χ1n) is 6.99. The van der Waals surface area contributed by atoms with E-state index in [2.05, 4.69) is 46.0 Å². The van der Waals surface area contributed by atoms with Crippen LogP contribution in [0.4, 0.5) is 0 Å². The van der Waals surface area contributed by atoms with Gasteiger partial charge in [0.1, 0.15) is 0 Å². The van der Waals surface area contributed by atoms with Crippen molar-refractivity contribution < 1.29 is 21.1 Å². The van der Waals surface area contributed by atoms with Crippen molar-refractivity contribution in [3.05, 3.63) is 68.7 Å². The molecule has 0 atom stereocenters. The van der Waals surface area contributed by atoms with Crippen molar-refractivity contribution in [3.63, 3.8) is 0 Å². The van der Waals surface area contributed by atoms with E-state index >= 15 is 0 Å². The van der Waals surface area contributed by atoms with Crippen LogP contribution in [0.25, 0.3) is 5.69 Å². The molecule has 0 amide bonds. The fourth-order valence-corrected chi connectivity index (χ4v) is 1.04. The van der Waals surface area contributed by atoms with Crippen molar-refractivity contribution >= 4 is 0 Å². The van der Waals surface area contributed by atoms with E-state index in [1.54, 1.807) is 0 Å². The average molecular weight is 451 g/mol. The number of nitrogens with zero attached hydrogens (tertiary/aromatic N) is 1. The van der Waals surface area contributed by atoms with Crippen LogP contribution in [0.3, 0.4) is 0 Å². The molecule has 0 aliphatic rings. The third kappa shape index (κ3) is 11.1. The summed E-state index contributed by atoms with van der Waals surface area (Å²) in [6.07, 6.45) is 9.61. The van der Waals surface area contributed by atoms with Gasteiger partial charge in [0.15, 0.2) is 0 Å². The van der Waals surface area contributed by atoms with E-state index in [1.165, 1.54) is 12.8 Å². The summed E-state index contributed by atoms with van der Waals surface area (Å²) < 4.78 is 1.96. The minimum atomic E-state index is 0. The molecule has 0 radical (unpaired) electrons. The smallest absolute Gasteiger partial charge is 0 e. The van der Waals surface area contributed by atoms with Gasteiger partial charge in [0.2, 0.25) is 0 Å². The van der Waals surface area contributed by atoms with Crippen LogP contribution in [0.15, 0.2) is 48.7 Å². The molecule has 0 N–H and O–H groups in total. The standard InChI is InChI=1S/C10H8N.2C4H9.Pt/c1-2-6-10(7-3-1)11-8-4-5-9-11;2*1-3-4-2;/h1-8H;2*1,3-4H2,2H3;/q3*-1;. The quantitative estimate of drug-likeness (QED) is 0.542. The van der Waals surface area contributed by atoms with E-state index in [0.29, 0.717) is 0 Å². The van der Waals surface area contributed by atoms with Crippen molar-refractivity contribution in [1.82, 2.24) is 4.57 Å². The van der Waals surface area contributed by atoms with Crippen LogP contribution < -0.4 is 0 Å². The molecule has 0 saturated carbocycles. The molecule has 116 valence electrons. The Morgan fingerprint density at radius 2 is 1.45 bits per heavy atom. The largest absolute Gasteiger partial charge is 0.451 e. The fraction of sp³-hybridized carbons (Fsp3) is 0.333. The summed E-state index contributed by atoms with van der Waals surface area (Å²) in [5.74, 6) is 0. The van der Waals surface area contributed by atoms with Crippen molar-refractivity contribution in [3.8, 4) is 5.69 Å². The van der Waals surface area contributed by atoms with Crippen LogP contribution in [0, 0.1) is 20.0 Å². The van der Waals surface area contributed by atoms with Crippen LogP contribution in [0.1, 0.15) is 39.5 Å². The monoisotopic (exact) mass is 451 g/mol. The van der Waals surface area contributed by atoms with Gasteiger partial charge in [0, 0.05) is 21.1 Å². The van der Waals surface area contributed by atoms with Gasteiger partial charge in [-0.2, -0.15) is 18.9 Å². The van der Waals surface area contributed by atoms with Gasteiger partial charge >= 0.3 is 0 Å². The number of hydrogen-bond donors (Lipinski definition) is 0. The average Bonchev–Trinajstić information content (AvgIpc) is 3.03. The Hall–Kier alpha value is -0.812. The molecule has 2 heteroatoms. The Balaban J connectivity index is 0. The minimum absolute atomic E-state index is 0. The summed E-state index contributed by atoms with van der Waals surface area (Å²) >= 11 is 0. The first-order valence-corrected chi connectivity index (χ1v) is 6.99. The zero-order chi connectivity index (χ0) is 14.3. The molecule has 0 saturated heterocycles. The second-order valence-electron chi connectivity index (χ2n) is 4.05. The minimum Gasteiger partial charge on any atom is -0.451 e. The predicted octanol–water partition coefficient (Wildman–Crippen LogP) is 5.52. The molecule has 0 unspecified atom stereocenters. The molecule has 0 aliphatic carbocycles. The summed E-state index contributed by atoms with van der Waals surface area (Å²) in [7, 11) is 0. The van der Waals surface area contributed by atoms with Crippen LogP contribution in [0.2, 0.25) is 0 Å². The Bertz CT molecular complexity index is 360. The van der Waals surface area contributed by atoms with E-state index in [4.69, 9.17) is 0 Å². The molecular formula is C18H26NPt-3. The molecule has 0 aliphatic heterocycles. The molecule has 2 rings (SSSR count). The molecule has 1 heterocycles. The van der Waals surface area contributed by atoms with E-state index in [-0.39, 0.29) is 21.1 Å². The number of unbranched alkanes of at least 4 members (excludes halogenated alkanes) is 2. The number of para-hydroxylation sites is 1. The summed E-state index contributed by atoms with van der Waals surface area (Å²) in [6, 6.07) is 14.0. The maximum absolute atomic E-state index is 3.60. The third-order valence-corrected chi connectivity index (χ3v) is 2.29. The number of aromatic nitrogens is 1. The zero-order valence-corrected chi connectivity index (χ0v) is 14.9. The Morgan fingerprint density at radius 3 is 1.80 bits per heavy atom. The van der Waals surface area contributed by atoms with E-state index < -0.39 is 0 Å². The van der Waals surface area contributed by atoms with Gasteiger partial charge in [-0.1, -0.05) is 63.2 Å². The number of hydrogen-bond acceptors (Lipinski definition) is 0. The van der Waals surface area contributed by atoms with Gasteiger partial charge < -0.3 is 18.4 Å². The molecule has 1 aromatic carbocycles. The van der Waals surface area contributed by atoms with E-state index in [0.717, 1.165) is 18.5 Å². The first-order chi connectivity index (χ1) is 9.29. The molecule has 0 fully saturated rings. The second kappa shape index (κ2) is 16.2. The van der Waals surface area contributed by atoms with Gasteiger partial charge in [0.05, 0.1) is 0 Å². The molecule has 0 spiro atoms. The number of benzene rings is 1. The Kier molecular flexibility index (Phi) is 17.5. The van der Waals surface area contributed by atoms with Crippen LogP contribution >= 0.6 is 0 Å². The zero-order valence-electron chi connectivity index (χ0n) is 12.6. The summed E-state index contributed by atoms with van der Waals surface area (Å²) in [4.78, 5) is 0. The molecule has 0 bridgehead atoms. The summed E-state index contributed by atoms with van der Waals surface area (Å²) in [5.41, 5.74) is 1.15. The van der Waals surface area contributed by atoms with Crippen LogP contribution in [0.5, 0.6) is 0 Å². The SMILES string of the molecule is [CH2-]CCC.[CH2-]CCC.[Pt].[c-]1cccn1-c1ccccc1. The predicted molar refractivity (Wildman–Crippen MR) is 85.1 cm³/mol. The number of rotatable bonds is 3. The van der Waals surface area contributed by atoms with Crippen molar-refractivity contribution in [2.45, 2.75) is 39.5 Å². The molecule has 2 aromatic rings. The van der Waals surface area contributed by atoms with Gasteiger partial charge in [-0.15, -0.1) is 12.3 Å². The van der Waals surface area contributed by atoms with E-state index in [9.17, 15) is 0 Å². The van der Waals surface area contributed by atoms with E-state index in [1.807, 2.05) is 41.1 Å².